The summed E-state index contributed by atoms with van der Waals surface area (Å²) in [5.74, 6) is 5.33. The van der Waals surface area contributed by atoms with Gasteiger partial charge in [0, 0.05) is 10.0 Å². The van der Waals surface area contributed by atoms with Crippen molar-refractivity contribution < 1.29 is 4.39 Å². The fraction of sp³-hybridized carbons (Fsp3) is 0.143. The summed E-state index contributed by atoms with van der Waals surface area (Å²) < 4.78 is 13.2. The van der Waals surface area contributed by atoms with Gasteiger partial charge in [0.25, 0.3) is 0 Å². The van der Waals surface area contributed by atoms with Crippen LogP contribution in [0.25, 0.3) is 0 Å². The Morgan fingerprint density at radius 1 is 1.11 bits per heavy atom. The van der Waals surface area contributed by atoms with Crippen molar-refractivity contribution in [1.82, 2.24) is 5.43 Å². The van der Waals surface area contributed by atoms with E-state index >= 15 is 0 Å². The highest BCUT2D eigenvalue weighted by Gasteiger charge is 2.18. The smallest absolute Gasteiger partial charge is 0.123 e. The second-order valence-corrected chi connectivity index (χ2v) is 5.11. The van der Waals surface area contributed by atoms with Gasteiger partial charge in [0.2, 0.25) is 0 Å². The van der Waals surface area contributed by atoms with Crippen LogP contribution < -0.4 is 11.3 Å². The molecule has 2 aromatic carbocycles. The fourth-order valence-corrected chi connectivity index (χ4v) is 2.45. The van der Waals surface area contributed by atoms with Crippen molar-refractivity contribution >= 4 is 23.2 Å². The molecule has 3 N–H and O–H groups in total. The summed E-state index contributed by atoms with van der Waals surface area (Å²) >= 11 is 12.2. The molecular formula is C14H13Cl2FN2. The first-order valence-electron chi connectivity index (χ1n) is 5.70. The number of halogens is 3. The van der Waals surface area contributed by atoms with E-state index in [1.165, 1.54) is 12.1 Å². The monoisotopic (exact) mass is 298 g/mol. The van der Waals surface area contributed by atoms with E-state index in [4.69, 9.17) is 29.0 Å². The standard InChI is InChI=1S/C14H13Cl2FN2/c1-8-6-10(17)3-4-11(8)14(19-18)12-7-9(15)2-5-13(12)16/h2-7,14,19H,18H2,1H3. The van der Waals surface area contributed by atoms with E-state index in [2.05, 4.69) is 5.43 Å². The predicted octanol–water partition coefficient (Wildman–Crippen LogP) is 3.99. The first kappa shape index (κ1) is 14.3. The van der Waals surface area contributed by atoms with E-state index in [0.29, 0.717) is 10.0 Å². The van der Waals surface area contributed by atoms with Crippen molar-refractivity contribution in [1.29, 1.82) is 0 Å². The van der Waals surface area contributed by atoms with Crippen LogP contribution in [0, 0.1) is 12.7 Å². The lowest BCUT2D eigenvalue weighted by atomic mass is 9.95. The van der Waals surface area contributed by atoms with Gasteiger partial charge >= 0.3 is 0 Å². The Kier molecular flexibility index (Phi) is 4.42. The zero-order valence-corrected chi connectivity index (χ0v) is 11.8. The third-order valence-corrected chi connectivity index (χ3v) is 3.56. The second kappa shape index (κ2) is 5.88. The van der Waals surface area contributed by atoms with Crippen LogP contribution in [0.5, 0.6) is 0 Å². The molecule has 0 heterocycles. The molecule has 0 aliphatic carbocycles. The molecule has 0 bridgehead atoms. The van der Waals surface area contributed by atoms with E-state index in [0.717, 1.165) is 16.7 Å². The molecule has 5 heteroatoms. The quantitative estimate of drug-likeness (QED) is 0.664. The minimum atomic E-state index is -0.341. The normalized spacial score (nSPS) is 12.5. The highest BCUT2D eigenvalue weighted by molar-refractivity contribution is 6.33. The van der Waals surface area contributed by atoms with Crippen LogP contribution in [-0.2, 0) is 0 Å². The van der Waals surface area contributed by atoms with Gasteiger partial charge in [-0.3, -0.25) is 5.84 Å². The third-order valence-electron chi connectivity index (χ3n) is 2.98. The third kappa shape index (κ3) is 3.07. The Balaban J connectivity index is 2.52. The molecule has 0 spiro atoms. The molecule has 0 radical (unpaired) electrons. The molecule has 2 aromatic rings. The Morgan fingerprint density at radius 3 is 2.47 bits per heavy atom. The lowest BCUT2D eigenvalue weighted by Crippen LogP contribution is -2.29. The number of hydrogen-bond donors (Lipinski definition) is 2. The largest absolute Gasteiger partial charge is 0.271 e. The summed E-state index contributed by atoms with van der Waals surface area (Å²) in [7, 11) is 0. The van der Waals surface area contributed by atoms with Crippen molar-refractivity contribution in [3.63, 3.8) is 0 Å². The Bertz CT molecular complexity index is 602. The molecule has 1 unspecified atom stereocenters. The molecule has 0 aliphatic heterocycles. The van der Waals surface area contributed by atoms with Gasteiger partial charge in [0.05, 0.1) is 6.04 Å². The Morgan fingerprint density at radius 2 is 1.84 bits per heavy atom. The molecule has 0 aliphatic rings. The number of aryl methyl sites for hydroxylation is 1. The molecule has 0 fully saturated rings. The fourth-order valence-electron chi connectivity index (χ4n) is 2.05. The minimum absolute atomic E-state index is 0.283. The molecule has 0 saturated carbocycles. The zero-order chi connectivity index (χ0) is 14.0. The number of nitrogens with one attached hydrogen (secondary N) is 1. The van der Waals surface area contributed by atoms with Crippen molar-refractivity contribution in [2.24, 2.45) is 5.84 Å². The van der Waals surface area contributed by atoms with Gasteiger partial charge < -0.3 is 0 Å². The van der Waals surface area contributed by atoms with E-state index in [9.17, 15) is 4.39 Å². The first-order chi connectivity index (χ1) is 9.02. The summed E-state index contributed by atoms with van der Waals surface area (Å²) in [5, 5.41) is 1.12. The van der Waals surface area contributed by atoms with Crippen LogP contribution >= 0.6 is 23.2 Å². The molecule has 2 rings (SSSR count). The van der Waals surface area contributed by atoms with Gasteiger partial charge in [0.15, 0.2) is 0 Å². The summed E-state index contributed by atoms with van der Waals surface area (Å²) in [6, 6.07) is 9.36. The van der Waals surface area contributed by atoms with Gasteiger partial charge in [0.1, 0.15) is 5.82 Å². The molecule has 0 aromatic heterocycles. The number of hydrazine groups is 1. The topological polar surface area (TPSA) is 38.0 Å². The predicted molar refractivity (Wildman–Crippen MR) is 76.8 cm³/mol. The van der Waals surface area contributed by atoms with Crippen LogP contribution in [0.4, 0.5) is 4.39 Å². The van der Waals surface area contributed by atoms with Crippen LogP contribution in [0.15, 0.2) is 36.4 Å². The highest BCUT2D eigenvalue weighted by Crippen LogP contribution is 2.31. The molecule has 100 valence electrons. The van der Waals surface area contributed by atoms with E-state index in [-0.39, 0.29) is 11.9 Å². The van der Waals surface area contributed by atoms with Gasteiger partial charge in [-0.2, -0.15) is 0 Å². The van der Waals surface area contributed by atoms with E-state index in [1.807, 2.05) is 6.92 Å². The average Bonchev–Trinajstić information content (AvgIpc) is 2.36. The zero-order valence-electron chi connectivity index (χ0n) is 10.3. The van der Waals surface area contributed by atoms with Gasteiger partial charge in [-0.15, -0.1) is 0 Å². The molecular weight excluding hydrogens is 286 g/mol. The Hall–Kier alpha value is -1.13. The SMILES string of the molecule is Cc1cc(F)ccc1C(NN)c1cc(Cl)ccc1Cl. The lowest BCUT2D eigenvalue weighted by Gasteiger charge is -2.20. The Labute approximate surface area is 121 Å². The van der Waals surface area contributed by atoms with Crippen molar-refractivity contribution in [3.8, 4) is 0 Å². The summed E-state index contributed by atoms with van der Waals surface area (Å²) in [5.41, 5.74) is 5.10. The molecule has 2 nitrogen and oxygen atoms in total. The van der Waals surface area contributed by atoms with Crippen molar-refractivity contribution in [2.75, 3.05) is 0 Å². The van der Waals surface area contributed by atoms with E-state index in [1.54, 1.807) is 24.3 Å². The maximum Gasteiger partial charge on any atom is 0.123 e. The maximum atomic E-state index is 13.2. The maximum absolute atomic E-state index is 13.2. The molecule has 0 amide bonds. The molecule has 1 atom stereocenters. The summed E-state index contributed by atoms with van der Waals surface area (Å²) in [4.78, 5) is 0. The number of rotatable bonds is 3. The molecule has 0 saturated heterocycles. The number of benzene rings is 2. The van der Waals surface area contributed by atoms with Gasteiger partial charge in [-0.25, -0.2) is 9.82 Å². The summed E-state index contributed by atoms with van der Waals surface area (Å²) in [6.07, 6.45) is 0. The van der Waals surface area contributed by atoms with E-state index < -0.39 is 0 Å². The van der Waals surface area contributed by atoms with Crippen LogP contribution in [0.1, 0.15) is 22.7 Å². The number of hydrogen-bond acceptors (Lipinski definition) is 2. The van der Waals surface area contributed by atoms with Gasteiger partial charge in [-0.05, 0) is 53.9 Å². The average molecular weight is 299 g/mol. The van der Waals surface area contributed by atoms with Crippen LogP contribution in [0.2, 0.25) is 10.0 Å². The first-order valence-corrected chi connectivity index (χ1v) is 6.45. The molecule has 19 heavy (non-hydrogen) atoms. The highest BCUT2D eigenvalue weighted by atomic mass is 35.5. The number of nitrogens with two attached hydrogens (primary N) is 1. The minimum Gasteiger partial charge on any atom is -0.271 e. The van der Waals surface area contributed by atoms with Crippen LogP contribution in [0.3, 0.4) is 0 Å². The lowest BCUT2D eigenvalue weighted by molar-refractivity contribution is 0.612. The van der Waals surface area contributed by atoms with Crippen molar-refractivity contribution in [2.45, 2.75) is 13.0 Å². The van der Waals surface area contributed by atoms with Crippen molar-refractivity contribution in [3.05, 3.63) is 69.0 Å². The second-order valence-electron chi connectivity index (χ2n) is 4.27. The summed E-state index contributed by atoms with van der Waals surface area (Å²) in [6.45, 7) is 1.82. The van der Waals surface area contributed by atoms with Gasteiger partial charge in [-0.1, -0.05) is 29.3 Å². The van der Waals surface area contributed by atoms with Crippen LogP contribution in [-0.4, -0.2) is 0 Å².